The summed E-state index contributed by atoms with van der Waals surface area (Å²) in [5, 5.41) is 0. The van der Waals surface area contributed by atoms with E-state index in [2.05, 4.69) is 22.8 Å². The summed E-state index contributed by atoms with van der Waals surface area (Å²) in [4.78, 5) is 31.7. The van der Waals surface area contributed by atoms with Crippen LogP contribution in [0.25, 0.3) is 0 Å². The minimum absolute atomic E-state index is 0.0391. The fourth-order valence-corrected chi connectivity index (χ4v) is 4.92. The van der Waals surface area contributed by atoms with Gasteiger partial charge < -0.3 is 9.64 Å². The molecule has 1 aliphatic carbocycles. The maximum atomic E-state index is 12.7. The molecule has 1 aromatic rings. The van der Waals surface area contributed by atoms with E-state index in [1.165, 1.54) is 4.90 Å². The van der Waals surface area contributed by atoms with Gasteiger partial charge in [0, 0.05) is 39.3 Å². The fourth-order valence-electron chi connectivity index (χ4n) is 4.92. The number of imide groups is 1. The molecule has 156 valence electrons. The molecule has 0 aromatic heterocycles. The quantitative estimate of drug-likeness (QED) is 0.545. The maximum Gasteiger partial charge on any atom is 0.233 e. The van der Waals surface area contributed by atoms with Gasteiger partial charge in [-0.3, -0.25) is 19.4 Å². The summed E-state index contributed by atoms with van der Waals surface area (Å²) in [6.07, 6.45) is 5.51. The highest BCUT2D eigenvalue weighted by atomic mass is 16.5. The van der Waals surface area contributed by atoms with Crippen molar-refractivity contribution in [3.05, 3.63) is 36.4 Å². The van der Waals surface area contributed by atoms with E-state index in [9.17, 15) is 9.59 Å². The molecule has 0 saturated carbocycles. The first-order chi connectivity index (χ1) is 14.1. The summed E-state index contributed by atoms with van der Waals surface area (Å²) in [5.41, 5.74) is 1.15. The van der Waals surface area contributed by atoms with Crippen LogP contribution < -0.4 is 9.64 Å². The van der Waals surface area contributed by atoms with Gasteiger partial charge in [0.05, 0.1) is 24.6 Å². The molecule has 2 saturated heterocycles. The van der Waals surface area contributed by atoms with E-state index in [1.807, 2.05) is 30.4 Å². The molecule has 2 heterocycles. The molecule has 6 heteroatoms. The van der Waals surface area contributed by atoms with Crippen LogP contribution >= 0.6 is 0 Å². The van der Waals surface area contributed by atoms with Crippen LogP contribution in [0.3, 0.4) is 0 Å². The van der Waals surface area contributed by atoms with Crippen molar-refractivity contribution in [2.45, 2.75) is 19.8 Å². The van der Waals surface area contributed by atoms with Crippen LogP contribution in [0.2, 0.25) is 0 Å². The second-order valence-electron chi connectivity index (χ2n) is 8.51. The van der Waals surface area contributed by atoms with Crippen LogP contribution in [0, 0.1) is 17.8 Å². The van der Waals surface area contributed by atoms with Crippen LogP contribution in [-0.4, -0.2) is 68.0 Å². The van der Waals surface area contributed by atoms with Gasteiger partial charge in [0.15, 0.2) is 0 Å². The molecule has 3 unspecified atom stereocenters. The van der Waals surface area contributed by atoms with Crippen LogP contribution in [0.15, 0.2) is 36.4 Å². The van der Waals surface area contributed by atoms with Crippen LogP contribution in [0.1, 0.15) is 19.8 Å². The zero-order valence-corrected chi connectivity index (χ0v) is 17.4. The van der Waals surface area contributed by atoms with E-state index < -0.39 is 0 Å². The van der Waals surface area contributed by atoms with Crippen molar-refractivity contribution in [1.29, 1.82) is 0 Å². The topological polar surface area (TPSA) is 53.1 Å². The van der Waals surface area contributed by atoms with Crippen molar-refractivity contribution < 1.29 is 14.3 Å². The molecule has 0 bridgehead atoms. The lowest BCUT2D eigenvalue weighted by Crippen LogP contribution is -2.49. The molecule has 6 nitrogen and oxygen atoms in total. The SMILES string of the molecule is COc1ccccc1N1CCN(CC(C)CN2C(=O)C3CC=CCC3C2=O)CC1. The largest absolute Gasteiger partial charge is 0.495 e. The first-order valence-electron chi connectivity index (χ1n) is 10.7. The van der Waals surface area contributed by atoms with Gasteiger partial charge in [-0.05, 0) is 30.9 Å². The van der Waals surface area contributed by atoms with Crippen molar-refractivity contribution in [2.24, 2.45) is 17.8 Å². The van der Waals surface area contributed by atoms with Crippen molar-refractivity contribution in [3.8, 4) is 5.75 Å². The lowest BCUT2D eigenvalue weighted by molar-refractivity contribution is -0.140. The minimum Gasteiger partial charge on any atom is -0.495 e. The number of ether oxygens (including phenoxy) is 1. The lowest BCUT2D eigenvalue weighted by atomic mass is 9.85. The summed E-state index contributed by atoms with van der Waals surface area (Å²) in [6.45, 7) is 7.43. The molecule has 0 N–H and O–H groups in total. The Morgan fingerprint density at radius 2 is 1.59 bits per heavy atom. The Labute approximate surface area is 173 Å². The number of methoxy groups -OCH3 is 1. The van der Waals surface area contributed by atoms with Crippen molar-refractivity contribution in [1.82, 2.24) is 9.80 Å². The summed E-state index contributed by atoms with van der Waals surface area (Å²) >= 11 is 0. The summed E-state index contributed by atoms with van der Waals surface area (Å²) < 4.78 is 5.50. The molecule has 4 rings (SSSR count). The van der Waals surface area contributed by atoms with Crippen LogP contribution in [-0.2, 0) is 9.59 Å². The second kappa shape index (κ2) is 8.57. The van der Waals surface area contributed by atoms with Gasteiger partial charge >= 0.3 is 0 Å². The van der Waals surface area contributed by atoms with E-state index >= 15 is 0 Å². The molecular weight excluding hydrogens is 366 g/mol. The van der Waals surface area contributed by atoms with E-state index in [4.69, 9.17) is 4.74 Å². The lowest BCUT2D eigenvalue weighted by Gasteiger charge is -2.38. The van der Waals surface area contributed by atoms with Gasteiger partial charge in [-0.25, -0.2) is 0 Å². The molecule has 0 spiro atoms. The smallest absolute Gasteiger partial charge is 0.233 e. The van der Waals surface area contributed by atoms with Gasteiger partial charge in [-0.15, -0.1) is 0 Å². The van der Waals surface area contributed by atoms with Crippen molar-refractivity contribution in [3.63, 3.8) is 0 Å². The van der Waals surface area contributed by atoms with Gasteiger partial charge in [0.2, 0.25) is 11.8 Å². The van der Waals surface area contributed by atoms with E-state index in [-0.39, 0.29) is 29.6 Å². The number of fused-ring (bicyclic) bond motifs is 1. The number of likely N-dealkylation sites (tertiary alicyclic amines) is 1. The predicted molar refractivity (Wildman–Crippen MR) is 113 cm³/mol. The van der Waals surface area contributed by atoms with E-state index in [0.717, 1.165) is 44.2 Å². The monoisotopic (exact) mass is 397 g/mol. The summed E-state index contributed by atoms with van der Waals surface area (Å²) in [5.74, 6) is 1.02. The number of carbonyl (C=O) groups excluding carboxylic acids is 2. The van der Waals surface area contributed by atoms with Gasteiger partial charge in [-0.1, -0.05) is 31.2 Å². The fraction of sp³-hybridized carbons (Fsp3) is 0.565. The molecule has 3 aliphatic rings. The third-order valence-corrected chi connectivity index (χ3v) is 6.46. The molecule has 1 aromatic carbocycles. The van der Waals surface area contributed by atoms with Crippen molar-refractivity contribution in [2.75, 3.05) is 51.3 Å². The Hall–Kier alpha value is -2.34. The molecular formula is C23H31N3O3. The number of carbonyl (C=O) groups is 2. The highest BCUT2D eigenvalue weighted by molar-refractivity contribution is 6.05. The molecule has 2 amide bonds. The number of rotatable bonds is 6. The Morgan fingerprint density at radius 1 is 0.966 bits per heavy atom. The molecule has 2 aliphatic heterocycles. The third kappa shape index (κ3) is 4.04. The Morgan fingerprint density at radius 3 is 2.21 bits per heavy atom. The van der Waals surface area contributed by atoms with Crippen molar-refractivity contribution >= 4 is 17.5 Å². The average Bonchev–Trinajstić information content (AvgIpc) is 2.99. The summed E-state index contributed by atoms with van der Waals surface area (Å²) in [6, 6.07) is 8.15. The number of amides is 2. The number of hydrogen-bond acceptors (Lipinski definition) is 5. The Kier molecular flexibility index (Phi) is 5.90. The average molecular weight is 398 g/mol. The predicted octanol–water partition coefficient (Wildman–Crippen LogP) is 2.40. The molecule has 0 radical (unpaired) electrons. The highest BCUT2D eigenvalue weighted by Gasteiger charge is 2.47. The minimum atomic E-state index is -0.121. The highest BCUT2D eigenvalue weighted by Crippen LogP contribution is 2.35. The maximum absolute atomic E-state index is 12.7. The normalized spacial score (nSPS) is 26.0. The summed E-state index contributed by atoms with van der Waals surface area (Å²) in [7, 11) is 1.71. The number of benzene rings is 1. The molecule has 29 heavy (non-hydrogen) atoms. The number of para-hydroxylation sites is 2. The number of piperazine rings is 1. The number of allylic oxidation sites excluding steroid dienone is 2. The number of hydrogen-bond donors (Lipinski definition) is 0. The Bertz CT molecular complexity index is 759. The first-order valence-corrected chi connectivity index (χ1v) is 10.7. The van der Waals surface area contributed by atoms with Gasteiger partial charge in [0.25, 0.3) is 0 Å². The zero-order chi connectivity index (χ0) is 20.4. The first kappa shape index (κ1) is 20.0. The Balaban J connectivity index is 1.29. The van der Waals surface area contributed by atoms with Crippen LogP contribution in [0.5, 0.6) is 5.75 Å². The van der Waals surface area contributed by atoms with E-state index in [1.54, 1.807) is 7.11 Å². The van der Waals surface area contributed by atoms with Gasteiger partial charge in [0.1, 0.15) is 5.75 Å². The van der Waals surface area contributed by atoms with Gasteiger partial charge in [-0.2, -0.15) is 0 Å². The van der Waals surface area contributed by atoms with Crippen LogP contribution in [0.4, 0.5) is 5.69 Å². The second-order valence-corrected chi connectivity index (χ2v) is 8.51. The molecule has 2 fully saturated rings. The van der Waals surface area contributed by atoms with E-state index in [0.29, 0.717) is 19.4 Å². The molecule has 3 atom stereocenters. The zero-order valence-electron chi connectivity index (χ0n) is 17.4. The standard InChI is InChI=1S/C23H31N3O3/c1-17(16-26-22(27)18-7-3-4-8-19(18)23(26)28)15-24-11-13-25(14-12-24)20-9-5-6-10-21(20)29-2/h3-6,9-10,17-19H,7-8,11-16H2,1-2H3. The third-order valence-electron chi connectivity index (χ3n) is 6.46. The number of nitrogens with zero attached hydrogens (tertiary/aromatic N) is 3. The number of anilines is 1.